The minimum Gasteiger partial charge on any atom is -0.464 e. The van der Waals surface area contributed by atoms with Crippen LogP contribution in [0.5, 0.6) is 0 Å². The number of nitrogens with two attached hydrogens (primary N) is 1. The Bertz CT molecular complexity index is 557. The molecular formula is C18H27N3O4. The fourth-order valence-electron chi connectivity index (χ4n) is 2.11. The van der Waals surface area contributed by atoms with Crippen molar-refractivity contribution < 1.29 is 19.1 Å². The van der Waals surface area contributed by atoms with E-state index in [9.17, 15) is 9.59 Å². The number of alkyl carbamates (subject to hydrolysis) is 1. The predicted molar refractivity (Wildman–Crippen MR) is 96.2 cm³/mol. The maximum atomic E-state index is 12.0. The summed E-state index contributed by atoms with van der Waals surface area (Å²) >= 11 is 0. The predicted octanol–water partition coefficient (Wildman–Crippen LogP) is 2.39. The fourth-order valence-corrected chi connectivity index (χ4v) is 2.11. The monoisotopic (exact) mass is 349 g/mol. The zero-order chi connectivity index (χ0) is 18.5. The van der Waals surface area contributed by atoms with E-state index >= 15 is 0 Å². The molecule has 0 saturated carbocycles. The van der Waals surface area contributed by atoms with Gasteiger partial charge in [-0.3, -0.25) is 4.99 Å². The number of benzene rings is 1. The zero-order valence-corrected chi connectivity index (χ0v) is 14.9. The Labute approximate surface area is 148 Å². The van der Waals surface area contributed by atoms with Crippen LogP contribution in [-0.2, 0) is 20.9 Å². The Balaban J connectivity index is 2.44. The highest BCUT2D eigenvalue weighted by atomic mass is 16.6. The van der Waals surface area contributed by atoms with Crippen molar-refractivity contribution in [1.29, 1.82) is 0 Å². The van der Waals surface area contributed by atoms with Crippen molar-refractivity contribution in [2.75, 3.05) is 13.2 Å². The van der Waals surface area contributed by atoms with E-state index in [2.05, 4.69) is 10.3 Å². The number of amides is 1. The third-order valence-electron chi connectivity index (χ3n) is 3.34. The van der Waals surface area contributed by atoms with Gasteiger partial charge in [0.25, 0.3) is 0 Å². The molecule has 0 aliphatic carbocycles. The molecule has 1 aromatic carbocycles. The van der Waals surface area contributed by atoms with Gasteiger partial charge in [0.15, 0.2) is 0 Å². The number of hydrogen-bond acceptors (Lipinski definition) is 5. The summed E-state index contributed by atoms with van der Waals surface area (Å²) in [7, 11) is 0. The molecule has 7 nitrogen and oxygen atoms in total. The molecule has 25 heavy (non-hydrogen) atoms. The van der Waals surface area contributed by atoms with Crippen LogP contribution in [0.2, 0.25) is 0 Å². The average molecular weight is 349 g/mol. The van der Waals surface area contributed by atoms with Gasteiger partial charge in [0.1, 0.15) is 12.6 Å². The van der Waals surface area contributed by atoms with E-state index in [-0.39, 0.29) is 13.2 Å². The number of unbranched alkanes of at least 4 members (excludes halogenated alkanes) is 1. The van der Waals surface area contributed by atoms with Gasteiger partial charge in [-0.25, -0.2) is 9.59 Å². The lowest BCUT2D eigenvalue weighted by atomic mass is 10.1. The standard InChI is InChI=1S/C18H27N3O4/c1-3-24-17(22)16(11-7-8-12-20-14(2)19)21-18(23)25-13-15-9-5-4-6-10-15/h4-6,9-10,16H,3,7-8,11-13H2,1-2H3,(H2,19,20)(H,21,23)/t16-/m0/s1. The number of carbonyl (C=O) groups excluding carboxylic acids is 2. The molecule has 0 radical (unpaired) electrons. The molecule has 0 bridgehead atoms. The zero-order valence-electron chi connectivity index (χ0n) is 14.9. The second-order valence-corrected chi connectivity index (χ2v) is 5.53. The molecule has 7 heteroatoms. The number of esters is 1. The van der Waals surface area contributed by atoms with Gasteiger partial charge >= 0.3 is 12.1 Å². The van der Waals surface area contributed by atoms with Crippen LogP contribution in [0.4, 0.5) is 4.79 Å². The largest absolute Gasteiger partial charge is 0.464 e. The van der Waals surface area contributed by atoms with Gasteiger partial charge in [-0.05, 0) is 38.7 Å². The van der Waals surface area contributed by atoms with Crippen LogP contribution in [0, 0.1) is 0 Å². The first-order valence-corrected chi connectivity index (χ1v) is 8.43. The van der Waals surface area contributed by atoms with Crippen molar-refractivity contribution in [3.63, 3.8) is 0 Å². The quantitative estimate of drug-likeness (QED) is 0.292. The van der Waals surface area contributed by atoms with E-state index in [4.69, 9.17) is 15.2 Å². The van der Waals surface area contributed by atoms with Crippen molar-refractivity contribution in [3.05, 3.63) is 35.9 Å². The first-order valence-electron chi connectivity index (χ1n) is 8.43. The van der Waals surface area contributed by atoms with Gasteiger partial charge in [-0.15, -0.1) is 0 Å². The topological polar surface area (TPSA) is 103 Å². The number of amidine groups is 1. The molecular weight excluding hydrogens is 322 g/mol. The molecule has 3 N–H and O–H groups in total. The smallest absolute Gasteiger partial charge is 0.408 e. The van der Waals surface area contributed by atoms with Gasteiger partial charge in [0.05, 0.1) is 12.4 Å². The van der Waals surface area contributed by atoms with E-state index < -0.39 is 18.1 Å². The summed E-state index contributed by atoms with van der Waals surface area (Å²) in [5.41, 5.74) is 6.35. The Kier molecular flexibility index (Phi) is 9.74. The summed E-state index contributed by atoms with van der Waals surface area (Å²) in [5.74, 6) is 0.0715. The average Bonchev–Trinajstić information content (AvgIpc) is 2.59. The van der Waals surface area contributed by atoms with Gasteiger partial charge in [0, 0.05) is 6.54 Å². The first-order chi connectivity index (χ1) is 12.0. The molecule has 1 amide bonds. The Morgan fingerprint density at radius 1 is 1.20 bits per heavy atom. The second kappa shape index (κ2) is 11.9. The van der Waals surface area contributed by atoms with Crippen LogP contribution in [0.1, 0.15) is 38.7 Å². The van der Waals surface area contributed by atoms with Gasteiger partial charge in [0.2, 0.25) is 0 Å². The highest BCUT2D eigenvalue weighted by Gasteiger charge is 2.22. The number of nitrogens with one attached hydrogen (secondary N) is 1. The van der Waals surface area contributed by atoms with Crippen molar-refractivity contribution in [2.45, 2.75) is 45.8 Å². The highest BCUT2D eigenvalue weighted by Crippen LogP contribution is 2.06. The molecule has 1 atom stereocenters. The van der Waals surface area contributed by atoms with Crippen LogP contribution in [0.25, 0.3) is 0 Å². The van der Waals surface area contributed by atoms with Crippen LogP contribution in [-0.4, -0.2) is 37.1 Å². The minimum absolute atomic E-state index is 0.146. The molecule has 0 fully saturated rings. The van der Waals surface area contributed by atoms with E-state index in [0.717, 1.165) is 12.0 Å². The van der Waals surface area contributed by atoms with Crippen molar-refractivity contribution in [3.8, 4) is 0 Å². The van der Waals surface area contributed by atoms with Crippen LogP contribution < -0.4 is 11.1 Å². The molecule has 0 aliphatic rings. The third kappa shape index (κ3) is 9.34. The van der Waals surface area contributed by atoms with Crippen molar-refractivity contribution in [1.82, 2.24) is 5.32 Å². The maximum absolute atomic E-state index is 12.0. The van der Waals surface area contributed by atoms with Gasteiger partial charge in [-0.1, -0.05) is 30.3 Å². The van der Waals surface area contributed by atoms with Crippen molar-refractivity contribution >= 4 is 17.9 Å². The third-order valence-corrected chi connectivity index (χ3v) is 3.34. The summed E-state index contributed by atoms with van der Waals surface area (Å²) in [6.07, 6.45) is 1.29. The van der Waals surface area contributed by atoms with Crippen LogP contribution >= 0.6 is 0 Å². The number of aliphatic imine (C=N–C) groups is 1. The lowest BCUT2D eigenvalue weighted by molar-refractivity contribution is -0.145. The van der Waals surface area contributed by atoms with E-state index in [0.29, 0.717) is 25.2 Å². The molecule has 1 rings (SSSR count). The van der Waals surface area contributed by atoms with Crippen LogP contribution in [0.15, 0.2) is 35.3 Å². The first kappa shape index (κ1) is 20.5. The number of ether oxygens (including phenoxy) is 2. The maximum Gasteiger partial charge on any atom is 0.408 e. The van der Waals surface area contributed by atoms with E-state index in [1.165, 1.54) is 0 Å². The summed E-state index contributed by atoms with van der Waals surface area (Å²) < 4.78 is 10.2. The molecule has 138 valence electrons. The van der Waals surface area contributed by atoms with E-state index in [1.54, 1.807) is 13.8 Å². The Hall–Kier alpha value is -2.57. The van der Waals surface area contributed by atoms with Gasteiger partial charge in [-0.2, -0.15) is 0 Å². The Morgan fingerprint density at radius 3 is 2.56 bits per heavy atom. The van der Waals surface area contributed by atoms with Crippen LogP contribution in [0.3, 0.4) is 0 Å². The summed E-state index contributed by atoms with van der Waals surface area (Å²) in [4.78, 5) is 28.0. The van der Waals surface area contributed by atoms with E-state index in [1.807, 2.05) is 30.3 Å². The number of hydrogen-bond donors (Lipinski definition) is 2. The number of nitrogens with zero attached hydrogens (tertiary/aromatic N) is 1. The lowest BCUT2D eigenvalue weighted by Gasteiger charge is -2.17. The number of carbonyl (C=O) groups is 2. The lowest BCUT2D eigenvalue weighted by Crippen LogP contribution is -2.42. The summed E-state index contributed by atoms with van der Waals surface area (Å²) in [6, 6.07) is 8.60. The molecule has 0 spiro atoms. The molecule has 0 unspecified atom stereocenters. The highest BCUT2D eigenvalue weighted by molar-refractivity contribution is 5.81. The summed E-state index contributed by atoms with van der Waals surface area (Å²) in [6.45, 7) is 4.45. The summed E-state index contributed by atoms with van der Waals surface area (Å²) in [5, 5.41) is 2.58. The molecule has 0 heterocycles. The molecule has 0 aliphatic heterocycles. The fraction of sp³-hybridized carbons (Fsp3) is 0.500. The molecule has 1 aromatic rings. The molecule has 0 saturated heterocycles. The van der Waals surface area contributed by atoms with Crippen molar-refractivity contribution in [2.24, 2.45) is 10.7 Å². The van der Waals surface area contributed by atoms with Gasteiger partial charge < -0.3 is 20.5 Å². The minimum atomic E-state index is -0.730. The SMILES string of the molecule is CCOC(=O)[C@H](CCCCN=C(C)N)NC(=O)OCc1ccccc1. The number of rotatable bonds is 10. The normalized spacial score (nSPS) is 12.3. The second-order valence-electron chi connectivity index (χ2n) is 5.53. The Morgan fingerprint density at radius 2 is 1.92 bits per heavy atom. The molecule has 0 aromatic heterocycles.